The van der Waals surface area contributed by atoms with Gasteiger partial charge in [-0.3, -0.25) is 9.59 Å². The zero-order valence-corrected chi connectivity index (χ0v) is 13.6. The van der Waals surface area contributed by atoms with Gasteiger partial charge in [0.1, 0.15) is 0 Å². The molecular weight excluding hydrogens is 340 g/mol. The molecular formula is C15H13ClN2O4S. The van der Waals surface area contributed by atoms with Crippen LogP contribution in [0.1, 0.15) is 20.7 Å². The highest BCUT2D eigenvalue weighted by Gasteiger charge is 2.12. The first-order chi connectivity index (χ1) is 10.7. The number of carbonyl (C=O) groups excluding carboxylic acids is 2. The average molecular weight is 353 g/mol. The zero-order valence-electron chi connectivity index (χ0n) is 12.0. The van der Waals surface area contributed by atoms with Crippen LogP contribution in [0.15, 0.2) is 47.4 Å². The third-order valence-corrected chi connectivity index (χ3v) is 4.49. The Morgan fingerprint density at radius 1 is 1.09 bits per heavy atom. The molecule has 2 amide bonds. The van der Waals surface area contributed by atoms with E-state index in [-0.39, 0.29) is 21.0 Å². The quantitative estimate of drug-likeness (QED) is 0.878. The van der Waals surface area contributed by atoms with E-state index in [2.05, 4.69) is 5.32 Å². The fourth-order valence-electron chi connectivity index (χ4n) is 1.85. The lowest BCUT2D eigenvalue weighted by Gasteiger charge is -2.08. The van der Waals surface area contributed by atoms with Crippen molar-refractivity contribution in [1.29, 1.82) is 0 Å². The van der Waals surface area contributed by atoms with Crippen molar-refractivity contribution in [2.75, 3.05) is 11.6 Å². The number of anilines is 1. The van der Waals surface area contributed by atoms with Gasteiger partial charge in [0, 0.05) is 17.5 Å². The molecule has 6 nitrogen and oxygen atoms in total. The molecule has 0 saturated heterocycles. The van der Waals surface area contributed by atoms with Crippen LogP contribution in [-0.2, 0) is 9.84 Å². The van der Waals surface area contributed by atoms with Gasteiger partial charge in [-0.1, -0.05) is 11.6 Å². The number of rotatable bonds is 4. The molecule has 0 saturated carbocycles. The number of halogens is 1. The monoisotopic (exact) mass is 352 g/mol. The van der Waals surface area contributed by atoms with Gasteiger partial charge in [-0.05, 0) is 42.5 Å². The molecule has 8 heteroatoms. The summed E-state index contributed by atoms with van der Waals surface area (Å²) in [5, 5.41) is 2.77. The minimum absolute atomic E-state index is 0.0943. The van der Waals surface area contributed by atoms with Crippen LogP contribution in [0.25, 0.3) is 0 Å². The first kappa shape index (κ1) is 17.0. The highest BCUT2D eigenvalue weighted by atomic mass is 35.5. The zero-order chi connectivity index (χ0) is 17.2. The van der Waals surface area contributed by atoms with Crippen LogP contribution in [-0.4, -0.2) is 26.5 Å². The minimum atomic E-state index is -3.32. The standard InChI is InChI=1S/C15H13ClN2O4S/c1-23(21,22)11-5-2-9(3-6-11)15(20)18-10-4-7-13(16)12(8-10)14(17)19/h2-8H,1H3,(H2,17,19)(H,18,20). The van der Waals surface area contributed by atoms with Gasteiger partial charge in [-0.2, -0.15) is 0 Å². The topological polar surface area (TPSA) is 106 Å². The normalized spacial score (nSPS) is 11.0. The van der Waals surface area contributed by atoms with Crippen molar-refractivity contribution in [1.82, 2.24) is 0 Å². The fraction of sp³-hybridized carbons (Fsp3) is 0.0667. The van der Waals surface area contributed by atoms with Gasteiger partial charge in [0.25, 0.3) is 5.91 Å². The van der Waals surface area contributed by atoms with Crippen LogP contribution in [0.5, 0.6) is 0 Å². The number of hydrogen-bond acceptors (Lipinski definition) is 4. The predicted octanol–water partition coefficient (Wildman–Crippen LogP) is 2.09. The van der Waals surface area contributed by atoms with Gasteiger partial charge < -0.3 is 11.1 Å². The second-order valence-electron chi connectivity index (χ2n) is 4.81. The van der Waals surface area contributed by atoms with E-state index >= 15 is 0 Å². The molecule has 0 aliphatic carbocycles. The highest BCUT2D eigenvalue weighted by molar-refractivity contribution is 7.90. The summed E-state index contributed by atoms with van der Waals surface area (Å²) in [6, 6.07) is 9.84. The summed E-state index contributed by atoms with van der Waals surface area (Å²) in [7, 11) is -3.32. The van der Waals surface area contributed by atoms with Gasteiger partial charge in [0.2, 0.25) is 5.91 Å². The molecule has 0 atom stereocenters. The maximum atomic E-state index is 12.1. The van der Waals surface area contributed by atoms with E-state index in [0.717, 1.165) is 6.26 Å². The van der Waals surface area contributed by atoms with Crippen molar-refractivity contribution in [2.24, 2.45) is 5.73 Å². The van der Waals surface area contributed by atoms with Crippen molar-refractivity contribution in [3.63, 3.8) is 0 Å². The largest absolute Gasteiger partial charge is 0.366 e. The summed E-state index contributed by atoms with van der Waals surface area (Å²) < 4.78 is 22.8. The van der Waals surface area contributed by atoms with Crippen LogP contribution in [0.2, 0.25) is 5.02 Å². The average Bonchev–Trinajstić information content (AvgIpc) is 2.48. The number of primary amides is 1. The van der Waals surface area contributed by atoms with Crippen LogP contribution in [0, 0.1) is 0 Å². The predicted molar refractivity (Wildman–Crippen MR) is 87.5 cm³/mol. The van der Waals surface area contributed by atoms with Crippen molar-refractivity contribution >= 4 is 38.9 Å². The van der Waals surface area contributed by atoms with E-state index in [4.69, 9.17) is 17.3 Å². The van der Waals surface area contributed by atoms with Crippen molar-refractivity contribution in [3.05, 3.63) is 58.6 Å². The molecule has 0 aliphatic rings. The summed E-state index contributed by atoms with van der Waals surface area (Å²) in [6.07, 6.45) is 1.08. The molecule has 0 fully saturated rings. The molecule has 0 heterocycles. The third kappa shape index (κ3) is 4.08. The number of carbonyl (C=O) groups is 2. The smallest absolute Gasteiger partial charge is 0.255 e. The Hall–Kier alpha value is -2.38. The molecule has 0 radical (unpaired) electrons. The van der Waals surface area contributed by atoms with Crippen LogP contribution < -0.4 is 11.1 Å². The Morgan fingerprint density at radius 2 is 1.70 bits per heavy atom. The second kappa shape index (κ2) is 6.39. The number of sulfone groups is 1. The summed E-state index contributed by atoms with van der Waals surface area (Å²) in [6.45, 7) is 0. The molecule has 3 N–H and O–H groups in total. The molecule has 120 valence electrons. The number of nitrogens with two attached hydrogens (primary N) is 1. The Labute approximate surface area is 138 Å². The molecule has 0 aromatic heterocycles. The molecule has 2 aromatic rings. The second-order valence-corrected chi connectivity index (χ2v) is 7.23. The number of amides is 2. The summed E-state index contributed by atoms with van der Waals surface area (Å²) in [5.74, 6) is -1.16. The van der Waals surface area contributed by atoms with E-state index < -0.39 is 21.7 Å². The van der Waals surface area contributed by atoms with Gasteiger partial charge in [-0.15, -0.1) is 0 Å². The van der Waals surface area contributed by atoms with E-state index in [9.17, 15) is 18.0 Å². The third-order valence-electron chi connectivity index (χ3n) is 3.03. The van der Waals surface area contributed by atoms with Gasteiger partial charge in [0.05, 0.1) is 15.5 Å². The Balaban J connectivity index is 2.22. The SMILES string of the molecule is CS(=O)(=O)c1ccc(C(=O)Nc2ccc(Cl)c(C(N)=O)c2)cc1. The Kier molecular flexibility index (Phi) is 4.72. The lowest BCUT2D eigenvalue weighted by Crippen LogP contribution is -2.15. The highest BCUT2D eigenvalue weighted by Crippen LogP contribution is 2.21. The van der Waals surface area contributed by atoms with Crippen LogP contribution >= 0.6 is 11.6 Å². The molecule has 0 bridgehead atoms. The minimum Gasteiger partial charge on any atom is -0.366 e. The van der Waals surface area contributed by atoms with Crippen molar-refractivity contribution < 1.29 is 18.0 Å². The van der Waals surface area contributed by atoms with E-state index in [1.54, 1.807) is 0 Å². The summed E-state index contributed by atoms with van der Waals surface area (Å²) in [4.78, 5) is 23.5. The maximum absolute atomic E-state index is 12.1. The fourth-order valence-corrected chi connectivity index (χ4v) is 2.69. The lowest BCUT2D eigenvalue weighted by molar-refractivity contribution is 0.0996. The molecule has 0 unspecified atom stereocenters. The van der Waals surface area contributed by atoms with Crippen molar-refractivity contribution in [3.8, 4) is 0 Å². The first-order valence-corrected chi connectivity index (χ1v) is 8.66. The van der Waals surface area contributed by atoms with Gasteiger partial charge in [-0.25, -0.2) is 8.42 Å². The summed E-state index contributed by atoms with van der Waals surface area (Å²) in [5.41, 5.74) is 5.90. The molecule has 2 aromatic carbocycles. The van der Waals surface area contributed by atoms with E-state index in [1.807, 2.05) is 0 Å². The van der Waals surface area contributed by atoms with Crippen LogP contribution in [0.4, 0.5) is 5.69 Å². The Bertz CT molecular complexity index is 877. The molecule has 0 aliphatic heterocycles. The van der Waals surface area contributed by atoms with E-state index in [0.29, 0.717) is 5.69 Å². The number of nitrogens with one attached hydrogen (secondary N) is 1. The number of benzene rings is 2. The van der Waals surface area contributed by atoms with Crippen LogP contribution in [0.3, 0.4) is 0 Å². The molecule has 23 heavy (non-hydrogen) atoms. The lowest BCUT2D eigenvalue weighted by atomic mass is 10.1. The van der Waals surface area contributed by atoms with Gasteiger partial charge in [0.15, 0.2) is 9.84 Å². The number of hydrogen-bond donors (Lipinski definition) is 2. The van der Waals surface area contributed by atoms with Crippen molar-refractivity contribution in [2.45, 2.75) is 4.90 Å². The van der Waals surface area contributed by atoms with Gasteiger partial charge >= 0.3 is 0 Å². The maximum Gasteiger partial charge on any atom is 0.255 e. The Morgan fingerprint density at radius 3 is 2.22 bits per heavy atom. The molecule has 0 spiro atoms. The summed E-state index contributed by atoms with van der Waals surface area (Å²) >= 11 is 5.83. The van der Waals surface area contributed by atoms with E-state index in [1.165, 1.54) is 42.5 Å². The first-order valence-electron chi connectivity index (χ1n) is 6.39. The molecule has 2 rings (SSSR count).